The van der Waals surface area contributed by atoms with Gasteiger partial charge in [-0.25, -0.2) is 8.42 Å². The number of anilines is 1. The minimum atomic E-state index is -3.59. The first-order valence-electron chi connectivity index (χ1n) is 8.51. The largest absolute Gasteiger partial charge is 0.495 e. The van der Waals surface area contributed by atoms with Crippen molar-refractivity contribution in [3.63, 3.8) is 0 Å². The smallest absolute Gasteiger partial charge is 0.246 e. The molecule has 7 nitrogen and oxygen atoms in total. The summed E-state index contributed by atoms with van der Waals surface area (Å²) in [5.74, 6) is -0.106. The Bertz CT molecular complexity index is 725. The van der Waals surface area contributed by atoms with Crippen LogP contribution in [0.2, 0.25) is 0 Å². The highest BCUT2D eigenvalue weighted by Gasteiger charge is 2.31. The van der Waals surface area contributed by atoms with Crippen LogP contribution in [0.15, 0.2) is 23.1 Å². The summed E-state index contributed by atoms with van der Waals surface area (Å²) in [7, 11) is -2.18. The Morgan fingerprint density at radius 3 is 2.56 bits per heavy atom. The zero-order chi connectivity index (χ0) is 18.7. The van der Waals surface area contributed by atoms with Crippen molar-refractivity contribution in [2.24, 2.45) is 5.73 Å². The average Bonchev–Trinajstić information content (AvgIpc) is 3.09. The van der Waals surface area contributed by atoms with Gasteiger partial charge in [-0.2, -0.15) is 4.31 Å². The summed E-state index contributed by atoms with van der Waals surface area (Å²) in [5, 5.41) is 2.74. The number of nitrogens with one attached hydrogen (secondary N) is 1. The molecule has 1 fully saturated rings. The van der Waals surface area contributed by atoms with Gasteiger partial charge in [0.2, 0.25) is 15.9 Å². The third-order valence-electron chi connectivity index (χ3n) is 4.39. The van der Waals surface area contributed by atoms with Gasteiger partial charge >= 0.3 is 0 Å². The summed E-state index contributed by atoms with van der Waals surface area (Å²) in [5.41, 5.74) is 5.50. The lowest BCUT2D eigenvalue weighted by molar-refractivity contribution is -0.120. The third-order valence-corrected chi connectivity index (χ3v) is 6.33. The van der Waals surface area contributed by atoms with Gasteiger partial charge < -0.3 is 15.8 Å². The summed E-state index contributed by atoms with van der Waals surface area (Å²) >= 11 is 0. The van der Waals surface area contributed by atoms with Gasteiger partial charge in [0.1, 0.15) is 10.6 Å². The molecule has 140 valence electrons. The number of sulfonamides is 1. The van der Waals surface area contributed by atoms with Gasteiger partial charge in [-0.05, 0) is 38.3 Å². The lowest BCUT2D eigenvalue weighted by Gasteiger charge is -2.23. The molecule has 3 N–H and O–H groups in total. The standard InChI is InChI=1S/C17H27N3O4S/c1-4-9-17(2,18)16(21)19-13-7-8-15(14(12-13)24-3)25(22,23)20-10-5-6-11-20/h7-8,12H,4-6,9-11,18H2,1-3H3,(H,19,21). The number of nitrogens with two attached hydrogens (primary N) is 1. The molecule has 1 aromatic rings. The monoisotopic (exact) mass is 369 g/mol. The first-order chi connectivity index (χ1) is 11.7. The molecule has 1 aliphatic heterocycles. The number of carbonyl (C=O) groups excluding carboxylic acids is 1. The molecule has 1 heterocycles. The Morgan fingerprint density at radius 2 is 2.00 bits per heavy atom. The second kappa shape index (κ2) is 7.72. The number of nitrogens with zero attached hydrogens (tertiary/aromatic N) is 1. The molecule has 0 aliphatic carbocycles. The zero-order valence-corrected chi connectivity index (χ0v) is 15.9. The lowest BCUT2D eigenvalue weighted by atomic mass is 9.96. The van der Waals surface area contributed by atoms with Gasteiger partial charge in [-0.3, -0.25) is 4.79 Å². The maximum atomic E-state index is 12.7. The van der Waals surface area contributed by atoms with E-state index < -0.39 is 15.6 Å². The minimum absolute atomic E-state index is 0.110. The summed E-state index contributed by atoms with van der Waals surface area (Å²) in [6.45, 7) is 4.67. The van der Waals surface area contributed by atoms with E-state index in [1.807, 2.05) is 6.92 Å². The molecular weight excluding hydrogens is 342 g/mol. The van der Waals surface area contributed by atoms with Crippen LogP contribution in [0.3, 0.4) is 0 Å². The molecule has 1 saturated heterocycles. The van der Waals surface area contributed by atoms with E-state index in [4.69, 9.17) is 10.5 Å². The number of hydrogen-bond acceptors (Lipinski definition) is 5. The van der Waals surface area contributed by atoms with Gasteiger partial charge in [0, 0.05) is 24.8 Å². The second-order valence-electron chi connectivity index (χ2n) is 6.60. The number of methoxy groups -OCH3 is 1. The lowest BCUT2D eigenvalue weighted by Crippen LogP contribution is -2.48. The SMILES string of the molecule is CCCC(C)(N)C(=O)Nc1ccc(S(=O)(=O)N2CCCC2)c(OC)c1. The van der Waals surface area contributed by atoms with Crippen molar-refractivity contribution in [2.75, 3.05) is 25.5 Å². The number of benzene rings is 1. The van der Waals surface area contributed by atoms with Crippen molar-refractivity contribution in [2.45, 2.75) is 50.0 Å². The molecule has 8 heteroatoms. The highest BCUT2D eigenvalue weighted by atomic mass is 32.2. The third kappa shape index (κ3) is 4.31. The normalized spacial score (nSPS) is 17.9. The summed E-state index contributed by atoms with van der Waals surface area (Å²) in [6.07, 6.45) is 3.07. The predicted molar refractivity (Wildman–Crippen MR) is 97.1 cm³/mol. The first kappa shape index (κ1) is 19.7. The fourth-order valence-electron chi connectivity index (χ4n) is 2.93. The van der Waals surface area contributed by atoms with Crippen LogP contribution in [0.4, 0.5) is 5.69 Å². The molecule has 1 aliphatic rings. The van der Waals surface area contributed by atoms with Crippen molar-refractivity contribution in [1.82, 2.24) is 4.31 Å². The van der Waals surface area contributed by atoms with Gasteiger partial charge in [-0.15, -0.1) is 0 Å². The molecule has 0 radical (unpaired) electrons. The van der Waals surface area contributed by atoms with Crippen molar-refractivity contribution >= 4 is 21.6 Å². The second-order valence-corrected chi connectivity index (χ2v) is 8.50. The van der Waals surface area contributed by atoms with Crippen LogP contribution in [0.1, 0.15) is 39.5 Å². The van der Waals surface area contributed by atoms with E-state index in [2.05, 4.69) is 5.32 Å². The van der Waals surface area contributed by atoms with E-state index in [0.29, 0.717) is 25.2 Å². The summed E-state index contributed by atoms with van der Waals surface area (Å²) in [6, 6.07) is 4.55. The van der Waals surface area contributed by atoms with E-state index in [1.165, 1.54) is 23.5 Å². The minimum Gasteiger partial charge on any atom is -0.495 e. The highest BCUT2D eigenvalue weighted by Crippen LogP contribution is 2.31. The van der Waals surface area contributed by atoms with Gasteiger partial charge in [0.25, 0.3) is 0 Å². The molecule has 25 heavy (non-hydrogen) atoms. The summed E-state index contributed by atoms with van der Waals surface area (Å²) < 4.78 is 32.2. The fourth-order valence-corrected chi connectivity index (χ4v) is 4.59. The zero-order valence-electron chi connectivity index (χ0n) is 15.0. The van der Waals surface area contributed by atoms with Crippen molar-refractivity contribution in [3.05, 3.63) is 18.2 Å². The Kier molecular flexibility index (Phi) is 6.08. The van der Waals surface area contributed by atoms with Crippen LogP contribution in [0.5, 0.6) is 5.75 Å². The number of ether oxygens (including phenoxy) is 1. The van der Waals surface area contributed by atoms with Crippen LogP contribution in [0.25, 0.3) is 0 Å². The van der Waals surface area contributed by atoms with Crippen molar-refractivity contribution in [1.29, 1.82) is 0 Å². The number of amides is 1. The molecule has 0 bridgehead atoms. The first-order valence-corrected chi connectivity index (χ1v) is 9.95. The summed E-state index contributed by atoms with van der Waals surface area (Å²) in [4.78, 5) is 12.4. The van der Waals surface area contributed by atoms with E-state index in [9.17, 15) is 13.2 Å². The van der Waals surface area contributed by atoms with Crippen molar-refractivity contribution in [3.8, 4) is 5.75 Å². The molecule has 2 rings (SSSR count). The number of carbonyl (C=O) groups is 1. The van der Waals surface area contributed by atoms with Crippen molar-refractivity contribution < 1.29 is 17.9 Å². The Labute approximate surface area is 149 Å². The average molecular weight is 369 g/mol. The van der Waals surface area contributed by atoms with Gasteiger partial charge in [0.15, 0.2) is 0 Å². The quantitative estimate of drug-likeness (QED) is 0.765. The number of hydrogen-bond donors (Lipinski definition) is 2. The molecule has 1 atom stereocenters. The van der Waals surface area contributed by atoms with E-state index in [0.717, 1.165) is 19.3 Å². The van der Waals surface area contributed by atoms with E-state index in [-0.39, 0.29) is 16.6 Å². The maximum absolute atomic E-state index is 12.7. The van der Waals surface area contributed by atoms with Crippen LogP contribution < -0.4 is 15.8 Å². The Morgan fingerprint density at radius 1 is 1.36 bits per heavy atom. The molecular formula is C17H27N3O4S. The predicted octanol–water partition coefficient (Wildman–Crippen LogP) is 1.94. The van der Waals surface area contributed by atoms with E-state index in [1.54, 1.807) is 13.0 Å². The Balaban J connectivity index is 2.26. The molecule has 0 spiro atoms. The number of rotatable bonds is 7. The van der Waals surface area contributed by atoms with Gasteiger partial charge in [0.05, 0.1) is 12.6 Å². The van der Waals surface area contributed by atoms with Crippen LogP contribution >= 0.6 is 0 Å². The topological polar surface area (TPSA) is 102 Å². The van der Waals surface area contributed by atoms with Crippen LogP contribution in [-0.4, -0.2) is 44.4 Å². The van der Waals surface area contributed by atoms with E-state index >= 15 is 0 Å². The van der Waals surface area contributed by atoms with Gasteiger partial charge in [-0.1, -0.05) is 13.3 Å². The highest BCUT2D eigenvalue weighted by molar-refractivity contribution is 7.89. The molecule has 1 aromatic carbocycles. The molecule has 0 saturated carbocycles. The Hall–Kier alpha value is -1.64. The molecule has 1 amide bonds. The van der Waals surface area contributed by atoms with Crippen LogP contribution in [-0.2, 0) is 14.8 Å². The maximum Gasteiger partial charge on any atom is 0.246 e. The molecule has 1 unspecified atom stereocenters. The fraction of sp³-hybridized carbons (Fsp3) is 0.588. The molecule has 0 aromatic heterocycles. The van der Waals surface area contributed by atoms with Crippen LogP contribution in [0, 0.1) is 0 Å².